The van der Waals surface area contributed by atoms with Crippen molar-refractivity contribution >= 4 is 11.7 Å². The third-order valence-corrected chi connectivity index (χ3v) is 5.26. The lowest BCUT2D eigenvalue weighted by molar-refractivity contribution is 0.193. The van der Waals surface area contributed by atoms with Crippen LogP contribution in [-0.2, 0) is 0 Å². The highest BCUT2D eigenvalue weighted by Gasteiger charge is 2.34. The highest BCUT2D eigenvalue weighted by molar-refractivity contribution is 5.90. The van der Waals surface area contributed by atoms with Crippen molar-refractivity contribution < 1.29 is 18.8 Å². The first-order valence-electron chi connectivity index (χ1n) is 9.80. The minimum atomic E-state index is -0.264. The number of carbonyl (C=O) groups is 1. The van der Waals surface area contributed by atoms with Crippen LogP contribution in [0, 0.1) is 6.92 Å². The van der Waals surface area contributed by atoms with Gasteiger partial charge in [-0.3, -0.25) is 0 Å². The SMILES string of the molecule is COc1ccc(NC(=O)N2CCC[C@H]2c2nc(-c3ccccc3OC)no2)c(C)c1. The van der Waals surface area contributed by atoms with Crippen LogP contribution >= 0.6 is 0 Å². The van der Waals surface area contributed by atoms with E-state index < -0.39 is 0 Å². The summed E-state index contributed by atoms with van der Waals surface area (Å²) in [5.41, 5.74) is 2.42. The fourth-order valence-corrected chi connectivity index (χ4v) is 3.67. The van der Waals surface area contributed by atoms with E-state index >= 15 is 0 Å². The zero-order valence-corrected chi connectivity index (χ0v) is 17.2. The molecule has 0 spiro atoms. The van der Waals surface area contributed by atoms with Gasteiger partial charge in [0.05, 0.1) is 19.8 Å². The van der Waals surface area contributed by atoms with Crippen LogP contribution in [-0.4, -0.2) is 41.8 Å². The molecule has 2 amide bonds. The van der Waals surface area contributed by atoms with E-state index in [-0.39, 0.29) is 12.1 Å². The average molecular weight is 408 g/mol. The minimum Gasteiger partial charge on any atom is -0.497 e. The number of aryl methyl sites for hydroxylation is 1. The Balaban J connectivity index is 1.53. The van der Waals surface area contributed by atoms with Gasteiger partial charge in [0.25, 0.3) is 0 Å². The number of methoxy groups -OCH3 is 2. The second-order valence-corrected chi connectivity index (χ2v) is 7.12. The monoisotopic (exact) mass is 408 g/mol. The smallest absolute Gasteiger partial charge is 0.322 e. The van der Waals surface area contributed by atoms with Gasteiger partial charge in [-0.25, -0.2) is 4.79 Å². The van der Waals surface area contributed by atoms with Gasteiger partial charge in [-0.1, -0.05) is 17.3 Å². The lowest BCUT2D eigenvalue weighted by atomic mass is 10.2. The second kappa shape index (κ2) is 8.44. The Kier molecular flexibility index (Phi) is 5.56. The molecule has 2 aromatic carbocycles. The first kappa shape index (κ1) is 19.8. The molecule has 1 fully saturated rings. The van der Waals surface area contributed by atoms with E-state index in [1.54, 1.807) is 19.1 Å². The van der Waals surface area contributed by atoms with Crippen LogP contribution in [0.3, 0.4) is 0 Å². The summed E-state index contributed by atoms with van der Waals surface area (Å²) in [7, 11) is 3.22. The van der Waals surface area contributed by atoms with Crippen molar-refractivity contribution in [1.29, 1.82) is 0 Å². The van der Waals surface area contributed by atoms with Gasteiger partial charge in [-0.05, 0) is 55.7 Å². The van der Waals surface area contributed by atoms with Crippen molar-refractivity contribution in [1.82, 2.24) is 15.0 Å². The molecule has 0 radical (unpaired) electrons. The lowest BCUT2D eigenvalue weighted by Crippen LogP contribution is -2.34. The predicted octanol–water partition coefficient (Wildman–Crippen LogP) is 4.43. The van der Waals surface area contributed by atoms with E-state index in [1.807, 2.05) is 49.4 Å². The number of benzene rings is 2. The molecule has 0 saturated carbocycles. The molecule has 1 atom stereocenters. The van der Waals surface area contributed by atoms with Gasteiger partial charge in [0, 0.05) is 12.2 Å². The highest BCUT2D eigenvalue weighted by Crippen LogP contribution is 2.34. The van der Waals surface area contributed by atoms with Gasteiger partial charge < -0.3 is 24.2 Å². The number of carbonyl (C=O) groups excluding carboxylic acids is 1. The molecule has 1 saturated heterocycles. The van der Waals surface area contributed by atoms with E-state index in [9.17, 15) is 4.79 Å². The standard InChI is InChI=1S/C22H24N4O4/c1-14-13-15(28-2)10-11-17(14)23-22(27)26-12-6-8-18(26)21-24-20(25-30-21)16-7-4-5-9-19(16)29-3/h4-5,7,9-11,13,18H,6,8,12H2,1-3H3,(H,23,27)/t18-/m0/s1. The normalized spacial score (nSPS) is 15.8. The molecule has 1 N–H and O–H groups in total. The number of hydrogen-bond acceptors (Lipinski definition) is 6. The van der Waals surface area contributed by atoms with E-state index in [2.05, 4.69) is 15.5 Å². The Morgan fingerprint density at radius 2 is 2.03 bits per heavy atom. The molecule has 1 aromatic heterocycles. The van der Waals surface area contributed by atoms with Crippen LogP contribution < -0.4 is 14.8 Å². The van der Waals surface area contributed by atoms with Gasteiger partial charge in [0.15, 0.2) is 0 Å². The number of anilines is 1. The van der Waals surface area contributed by atoms with Gasteiger partial charge in [-0.2, -0.15) is 4.98 Å². The van der Waals surface area contributed by atoms with E-state index in [0.29, 0.717) is 24.0 Å². The number of likely N-dealkylation sites (tertiary alicyclic amines) is 1. The van der Waals surface area contributed by atoms with Crippen LogP contribution in [0.5, 0.6) is 11.5 Å². The predicted molar refractivity (Wildman–Crippen MR) is 112 cm³/mol. The van der Waals surface area contributed by atoms with Crippen molar-refractivity contribution in [2.24, 2.45) is 0 Å². The maximum atomic E-state index is 13.0. The van der Waals surface area contributed by atoms with Gasteiger partial charge in [0.2, 0.25) is 11.7 Å². The van der Waals surface area contributed by atoms with Crippen molar-refractivity contribution in [2.75, 3.05) is 26.1 Å². The summed E-state index contributed by atoms with van der Waals surface area (Å²) in [5, 5.41) is 7.09. The molecule has 0 unspecified atom stereocenters. The maximum absolute atomic E-state index is 13.0. The zero-order chi connectivity index (χ0) is 21.1. The number of hydrogen-bond donors (Lipinski definition) is 1. The summed E-state index contributed by atoms with van der Waals surface area (Å²) >= 11 is 0. The van der Waals surface area contributed by atoms with E-state index in [4.69, 9.17) is 14.0 Å². The number of aromatic nitrogens is 2. The van der Waals surface area contributed by atoms with Crippen LogP contribution in [0.2, 0.25) is 0 Å². The molecule has 2 heterocycles. The number of nitrogens with zero attached hydrogens (tertiary/aromatic N) is 3. The number of ether oxygens (including phenoxy) is 2. The Morgan fingerprint density at radius 1 is 1.20 bits per heavy atom. The van der Waals surface area contributed by atoms with E-state index in [1.165, 1.54) is 0 Å². The summed E-state index contributed by atoms with van der Waals surface area (Å²) in [6, 6.07) is 12.6. The van der Waals surface area contributed by atoms with Crippen molar-refractivity contribution in [2.45, 2.75) is 25.8 Å². The number of amides is 2. The summed E-state index contributed by atoms with van der Waals surface area (Å²) in [6.45, 7) is 2.55. The molecule has 3 aromatic rings. The molecule has 1 aliphatic rings. The van der Waals surface area contributed by atoms with Crippen LogP contribution in [0.15, 0.2) is 47.0 Å². The number of rotatable bonds is 5. The third-order valence-electron chi connectivity index (χ3n) is 5.26. The second-order valence-electron chi connectivity index (χ2n) is 7.12. The van der Waals surface area contributed by atoms with E-state index in [0.717, 1.165) is 35.4 Å². The first-order chi connectivity index (χ1) is 14.6. The quantitative estimate of drug-likeness (QED) is 0.672. The molecule has 4 rings (SSSR count). The fraction of sp³-hybridized carbons (Fsp3) is 0.318. The number of nitrogens with one attached hydrogen (secondary N) is 1. The summed E-state index contributed by atoms with van der Waals surface area (Å²) < 4.78 is 16.1. The zero-order valence-electron chi connectivity index (χ0n) is 17.2. The molecule has 0 aliphatic carbocycles. The van der Waals surface area contributed by atoms with Gasteiger partial charge >= 0.3 is 6.03 Å². The topological polar surface area (TPSA) is 89.7 Å². The molecule has 0 bridgehead atoms. The third kappa shape index (κ3) is 3.80. The van der Waals surface area contributed by atoms with Crippen LogP contribution in [0.25, 0.3) is 11.4 Å². The summed E-state index contributed by atoms with van der Waals surface area (Å²) in [6.07, 6.45) is 1.63. The molecule has 8 heteroatoms. The highest BCUT2D eigenvalue weighted by atomic mass is 16.5. The Labute approximate surface area is 174 Å². The lowest BCUT2D eigenvalue weighted by Gasteiger charge is -2.23. The summed E-state index contributed by atoms with van der Waals surface area (Å²) in [4.78, 5) is 19.3. The van der Waals surface area contributed by atoms with Gasteiger partial charge in [0.1, 0.15) is 17.5 Å². The molecule has 156 valence electrons. The number of para-hydroxylation sites is 1. The Hall–Kier alpha value is -3.55. The summed E-state index contributed by atoms with van der Waals surface area (Å²) in [5.74, 6) is 2.29. The molecule has 1 aliphatic heterocycles. The van der Waals surface area contributed by atoms with Gasteiger partial charge in [-0.15, -0.1) is 0 Å². The Bertz CT molecular complexity index is 1050. The van der Waals surface area contributed by atoms with Crippen LogP contribution in [0.4, 0.5) is 10.5 Å². The van der Waals surface area contributed by atoms with Crippen molar-refractivity contribution in [3.8, 4) is 22.9 Å². The van der Waals surface area contributed by atoms with Crippen LogP contribution in [0.1, 0.15) is 30.3 Å². The van der Waals surface area contributed by atoms with Crippen molar-refractivity contribution in [3.63, 3.8) is 0 Å². The molecular formula is C22H24N4O4. The maximum Gasteiger partial charge on any atom is 0.322 e. The largest absolute Gasteiger partial charge is 0.497 e. The minimum absolute atomic E-state index is 0.192. The molecule has 8 nitrogen and oxygen atoms in total. The fourth-order valence-electron chi connectivity index (χ4n) is 3.67. The van der Waals surface area contributed by atoms with Crippen molar-refractivity contribution in [3.05, 3.63) is 53.9 Å². The first-order valence-corrected chi connectivity index (χ1v) is 9.80. The average Bonchev–Trinajstić information content (AvgIpc) is 3.44. The number of urea groups is 1. The Morgan fingerprint density at radius 3 is 2.80 bits per heavy atom. The molecular weight excluding hydrogens is 384 g/mol. The molecule has 30 heavy (non-hydrogen) atoms.